The van der Waals surface area contributed by atoms with Gasteiger partial charge in [-0.05, 0) is 61.7 Å². The number of hydrogen-bond donors (Lipinski definition) is 2. The van der Waals surface area contributed by atoms with E-state index in [2.05, 4.69) is 5.32 Å². The average molecular weight is 501 g/mol. The number of nitrogens with zero attached hydrogens (tertiary/aromatic N) is 1. The van der Waals surface area contributed by atoms with E-state index < -0.39 is 4.92 Å². The van der Waals surface area contributed by atoms with E-state index >= 15 is 0 Å². The molecule has 1 aliphatic heterocycles. The van der Waals surface area contributed by atoms with Gasteiger partial charge in [-0.3, -0.25) is 14.9 Å². The van der Waals surface area contributed by atoms with Crippen LogP contribution < -0.4 is 19.7 Å². The van der Waals surface area contributed by atoms with Crippen molar-refractivity contribution in [3.8, 4) is 17.2 Å². The molecule has 184 valence electrons. The Hall–Kier alpha value is -3.56. The molecule has 2 N–H and O–H groups in total. The Balaban J connectivity index is 1.48. The number of ether oxygens (including phenoxy) is 2. The van der Waals surface area contributed by atoms with Crippen LogP contribution in [-0.4, -0.2) is 37.6 Å². The van der Waals surface area contributed by atoms with Crippen LogP contribution in [0, 0.1) is 10.1 Å². The first-order valence-electron chi connectivity index (χ1n) is 11.4. The van der Waals surface area contributed by atoms with E-state index in [9.17, 15) is 14.9 Å². The summed E-state index contributed by atoms with van der Waals surface area (Å²) < 4.78 is 16.8. The van der Waals surface area contributed by atoms with Crippen LogP contribution in [0.15, 0.2) is 59.2 Å². The number of hydrogen-bond acceptors (Lipinski definition) is 6. The van der Waals surface area contributed by atoms with Crippen LogP contribution >= 0.6 is 11.6 Å². The van der Waals surface area contributed by atoms with Crippen molar-refractivity contribution < 1.29 is 28.5 Å². The highest BCUT2D eigenvalue weighted by Crippen LogP contribution is 2.37. The van der Waals surface area contributed by atoms with Gasteiger partial charge in [0.05, 0.1) is 37.9 Å². The number of halogens is 1. The Bertz CT molecular complexity index is 1180. The highest BCUT2D eigenvalue weighted by Gasteiger charge is 2.29. The minimum Gasteiger partial charge on any atom is -0.493 e. The number of nitro benzene ring substituents is 1. The van der Waals surface area contributed by atoms with Crippen LogP contribution in [0.5, 0.6) is 17.2 Å². The van der Waals surface area contributed by atoms with Crippen molar-refractivity contribution in [2.45, 2.75) is 25.3 Å². The summed E-state index contributed by atoms with van der Waals surface area (Å²) in [6.07, 6.45) is 5.20. The number of nitrogens with one attached hydrogen (secondary N) is 2. The molecule has 10 heteroatoms. The molecule has 2 heterocycles. The summed E-state index contributed by atoms with van der Waals surface area (Å²) in [5.74, 6) is 1.11. The number of carbonyl (C=O) groups is 1. The third-order valence-electron chi connectivity index (χ3n) is 6.11. The van der Waals surface area contributed by atoms with Crippen molar-refractivity contribution in [3.63, 3.8) is 0 Å². The monoisotopic (exact) mass is 500 g/mol. The van der Waals surface area contributed by atoms with E-state index in [-0.39, 0.29) is 39.9 Å². The zero-order valence-electron chi connectivity index (χ0n) is 19.3. The minimum absolute atomic E-state index is 0.0145. The highest BCUT2D eigenvalue weighted by molar-refractivity contribution is 6.30. The molecule has 1 aromatic heterocycles. The van der Waals surface area contributed by atoms with Gasteiger partial charge in [-0.15, -0.1) is 0 Å². The summed E-state index contributed by atoms with van der Waals surface area (Å²) in [6, 6.07) is 12.6. The van der Waals surface area contributed by atoms with Gasteiger partial charge < -0.3 is 24.1 Å². The Morgan fingerprint density at radius 1 is 1.14 bits per heavy atom. The third-order valence-corrected chi connectivity index (χ3v) is 6.34. The van der Waals surface area contributed by atoms with Crippen molar-refractivity contribution in [2.75, 3.05) is 26.7 Å². The Labute approximate surface area is 207 Å². The zero-order valence-corrected chi connectivity index (χ0v) is 20.0. The second kappa shape index (κ2) is 11.2. The number of likely N-dealkylation sites (tertiary alicyclic amines) is 1. The molecule has 1 amide bonds. The van der Waals surface area contributed by atoms with Crippen molar-refractivity contribution in [2.24, 2.45) is 0 Å². The number of methoxy groups -OCH3 is 1. The summed E-state index contributed by atoms with van der Waals surface area (Å²) in [4.78, 5) is 25.2. The molecule has 4 rings (SSSR count). The lowest BCUT2D eigenvalue weighted by Crippen LogP contribution is -3.13. The SMILES string of the molecule is COc1cc(C(=O)NC[C@@H](c2ccco2)[NH+]2CCCCC2)ccc1Oc1ccc(Cl)cc1[N+](=O)[O-]. The maximum absolute atomic E-state index is 13.0. The van der Waals surface area contributed by atoms with Crippen LogP contribution in [0.1, 0.15) is 41.4 Å². The van der Waals surface area contributed by atoms with Gasteiger partial charge in [0.2, 0.25) is 5.75 Å². The lowest BCUT2D eigenvalue weighted by molar-refractivity contribution is -0.936. The fourth-order valence-electron chi connectivity index (χ4n) is 4.32. The summed E-state index contributed by atoms with van der Waals surface area (Å²) in [5, 5.41) is 14.6. The maximum atomic E-state index is 13.0. The van der Waals surface area contributed by atoms with Crippen LogP contribution in [0.3, 0.4) is 0 Å². The van der Waals surface area contributed by atoms with Gasteiger partial charge in [-0.25, -0.2) is 0 Å². The summed E-state index contributed by atoms with van der Waals surface area (Å²) >= 11 is 5.88. The molecule has 9 nitrogen and oxygen atoms in total. The number of benzene rings is 2. The topological polar surface area (TPSA) is 108 Å². The van der Waals surface area contributed by atoms with Crippen molar-refractivity contribution in [3.05, 3.63) is 81.3 Å². The normalized spacial score (nSPS) is 14.8. The number of nitro groups is 1. The van der Waals surface area contributed by atoms with Gasteiger partial charge >= 0.3 is 5.69 Å². The predicted molar refractivity (Wildman–Crippen MR) is 130 cm³/mol. The van der Waals surface area contributed by atoms with Gasteiger partial charge in [0.25, 0.3) is 5.91 Å². The van der Waals surface area contributed by atoms with Gasteiger partial charge in [0, 0.05) is 16.7 Å². The zero-order chi connectivity index (χ0) is 24.8. The van der Waals surface area contributed by atoms with Crippen molar-refractivity contribution >= 4 is 23.2 Å². The molecule has 3 aromatic rings. The molecular formula is C25H27ClN3O6+. The molecule has 35 heavy (non-hydrogen) atoms. The van der Waals surface area contributed by atoms with Crippen LogP contribution in [-0.2, 0) is 0 Å². The van der Waals surface area contributed by atoms with Crippen LogP contribution in [0.4, 0.5) is 5.69 Å². The Kier molecular flexibility index (Phi) is 7.89. The first-order valence-corrected chi connectivity index (χ1v) is 11.8. The molecule has 0 radical (unpaired) electrons. The average Bonchev–Trinajstić information content (AvgIpc) is 3.40. The quantitative estimate of drug-likeness (QED) is 0.337. The number of quaternary nitrogens is 1. The highest BCUT2D eigenvalue weighted by atomic mass is 35.5. The van der Waals surface area contributed by atoms with E-state index in [1.165, 1.54) is 36.6 Å². The number of carbonyl (C=O) groups excluding carboxylic acids is 1. The largest absolute Gasteiger partial charge is 0.493 e. The smallest absolute Gasteiger partial charge is 0.313 e. The lowest BCUT2D eigenvalue weighted by Gasteiger charge is -2.30. The first kappa shape index (κ1) is 24.6. The Morgan fingerprint density at radius 3 is 2.60 bits per heavy atom. The van der Waals surface area contributed by atoms with E-state index in [0.717, 1.165) is 31.7 Å². The molecule has 0 bridgehead atoms. The molecule has 1 aliphatic rings. The molecule has 1 saturated heterocycles. The van der Waals surface area contributed by atoms with Gasteiger partial charge in [0.15, 0.2) is 23.3 Å². The number of furan rings is 1. The van der Waals surface area contributed by atoms with Gasteiger partial charge in [-0.2, -0.15) is 0 Å². The van der Waals surface area contributed by atoms with Gasteiger partial charge in [0.1, 0.15) is 0 Å². The summed E-state index contributed by atoms with van der Waals surface area (Å²) in [5.41, 5.74) is 0.109. The van der Waals surface area contributed by atoms with Crippen molar-refractivity contribution in [1.82, 2.24) is 5.32 Å². The summed E-state index contributed by atoms with van der Waals surface area (Å²) in [7, 11) is 1.44. The molecule has 1 atom stereocenters. The third kappa shape index (κ3) is 5.93. The molecule has 0 saturated carbocycles. The minimum atomic E-state index is -0.574. The second-order valence-corrected chi connectivity index (χ2v) is 8.77. The first-order chi connectivity index (χ1) is 17.0. The standard InChI is InChI=1S/C25H26ClN3O6/c1-33-24-14-17(7-9-23(24)35-22-10-8-18(26)15-19(22)29(31)32)25(30)27-16-20(21-6-5-13-34-21)28-11-3-2-4-12-28/h5-10,13-15,20H,2-4,11-12,16H2,1H3,(H,27,30)/p+1/t20-/m0/s1. The van der Waals surface area contributed by atoms with Crippen LogP contribution in [0.25, 0.3) is 0 Å². The van der Waals surface area contributed by atoms with E-state index in [0.29, 0.717) is 12.1 Å². The molecule has 2 aromatic carbocycles. The van der Waals surface area contributed by atoms with Crippen molar-refractivity contribution in [1.29, 1.82) is 0 Å². The number of amides is 1. The van der Waals surface area contributed by atoms with E-state index in [1.54, 1.807) is 24.5 Å². The molecular weight excluding hydrogens is 474 g/mol. The summed E-state index contributed by atoms with van der Waals surface area (Å²) in [6.45, 7) is 2.51. The van der Waals surface area contributed by atoms with Gasteiger partial charge in [-0.1, -0.05) is 11.6 Å². The Morgan fingerprint density at radius 2 is 1.91 bits per heavy atom. The molecule has 0 aliphatic carbocycles. The maximum Gasteiger partial charge on any atom is 0.313 e. The fraction of sp³-hybridized carbons (Fsp3) is 0.320. The molecule has 0 unspecified atom stereocenters. The number of piperidine rings is 1. The molecule has 0 spiro atoms. The van der Waals surface area contributed by atoms with Crippen LogP contribution in [0.2, 0.25) is 5.02 Å². The number of rotatable bonds is 9. The predicted octanol–water partition coefficient (Wildman–Crippen LogP) is 4.18. The fourth-order valence-corrected chi connectivity index (χ4v) is 4.48. The second-order valence-electron chi connectivity index (χ2n) is 8.33. The lowest BCUT2D eigenvalue weighted by atomic mass is 10.1. The van der Waals surface area contributed by atoms with E-state index in [4.69, 9.17) is 25.5 Å². The van der Waals surface area contributed by atoms with E-state index in [1.807, 2.05) is 12.1 Å². The molecule has 1 fully saturated rings.